The Labute approximate surface area is 77.0 Å². The largest absolute Gasteiger partial charge is 0.466 e. The molecular formula is C10H11NO2. The molecule has 1 N–H and O–H groups in total. The van der Waals surface area contributed by atoms with Crippen LogP contribution in [0.1, 0.15) is 0 Å². The molecule has 0 heterocycles. The van der Waals surface area contributed by atoms with Crippen LogP contribution in [0, 0.1) is 0 Å². The van der Waals surface area contributed by atoms with Crippen molar-refractivity contribution in [2.24, 2.45) is 0 Å². The van der Waals surface area contributed by atoms with E-state index in [1.807, 2.05) is 30.3 Å². The molecule has 0 unspecified atom stereocenters. The molecule has 1 aromatic carbocycles. The Balaban J connectivity index is 2.44. The highest BCUT2D eigenvalue weighted by molar-refractivity contribution is 5.82. The molecule has 1 aromatic rings. The maximum absolute atomic E-state index is 10.7. The summed E-state index contributed by atoms with van der Waals surface area (Å²) in [5.41, 5.74) is 0.933. The van der Waals surface area contributed by atoms with E-state index in [9.17, 15) is 4.79 Å². The Morgan fingerprint density at radius 2 is 2.08 bits per heavy atom. The highest BCUT2D eigenvalue weighted by atomic mass is 16.5. The number of carbonyl (C=O) groups excluding carboxylic acids is 1. The first-order chi connectivity index (χ1) is 6.33. The zero-order valence-electron chi connectivity index (χ0n) is 7.36. The van der Waals surface area contributed by atoms with E-state index in [1.165, 1.54) is 13.2 Å². The minimum Gasteiger partial charge on any atom is -0.466 e. The molecule has 0 aliphatic heterocycles. The van der Waals surface area contributed by atoms with Gasteiger partial charge in [-0.3, -0.25) is 0 Å². The average Bonchev–Trinajstić information content (AvgIpc) is 2.19. The molecule has 0 atom stereocenters. The third kappa shape index (κ3) is 3.42. The molecule has 0 saturated heterocycles. The van der Waals surface area contributed by atoms with Gasteiger partial charge in [0.2, 0.25) is 0 Å². The molecule has 0 bridgehead atoms. The van der Waals surface area contributed by atoms with Crippen molar-refractivity contribution in [2.45, 2.75) is 0 Å². The molecule has 0 aliphatic carbocycles. The van der Waals surface area contributed by atoms with E-state index in [0.717, 1.165) is 5.69 Å². The van der Waals surface area contributed by atoms with E-state index in [2.05, 4.69) is 10.1 Å². The van der Waals surface area contributed by atoms with Crippen molar-refractivity contribution in [3.8, 4) is 0 Å². The molecule has 1 rings (SSSR count). The number of benzene rings is 1. The Hall–Kier alpha value is -1.77. The second kappa shape index (κ2) is 4.98. The van der Waals surface area contributed by atoms with E-state index in [0.29, 0.717) is 0 Å². The summed E-state index contributed by atoms with van der Waals surface area (Å²) in [5, 5.41) is 2.93. The van der Waals surface area contributed by atoms with Crippen molar-refractivity contribution in [2.75, 3.05) is 12.4 Å². The second-order valence-electron chi connectivity index (χ2n) is 2.37. The number of ether oxygens (including phenoxy) is 1. The lowest BCUT2D eigenvalue weighted by molar-refractivity contribution is -0.134. The van der Waals surface area contributed by atoms with E-state index < -0.39 is 0 Å². The van der Waals surface area contributed by atoms with E-state index in [1.54, 1.807) is 6.20 Å². The van der Waals surface area contributed by atoms with Gasteiger partial charge in [-0.05, 0) is 12.1 Å². The number of hydrogen-bond acceptors (Lipinski definition) is 3. The lowest BCUT2D eigenvalue weighted by atomic mass is 10.3. The molecule has 68 valence electrons. The number of esters is 1. The minimum absolute atomic E-state index is 0.372. The third-order valence-electron chi connectivity index (χ3n) is 1.44. The number of nitrogens with one attached hydrogen (secondary N) is 1. The predicted octanol–water partition coefficient (Wildman–Crippen LogP) is 1.79. The van der Waals surface area contributed by atoms with Crippen LogP contribution in [-0.4, -0.2) is 13.1 Å². The van der Waals surface area contributed by atoms with Crippen LogP contribution in [-0.2, 0) is 9.53 Å². The number of hydrogen-bond donors (Lipinski definition) is 1. The molecule has 3 nitrogen and oxygen atoms in total. The molecule has 0 saturated carbocycles. The smallest absolute Gasteiger partial charge is 0.331 e. The fraction of sp³-hybridized carbons (Fsp3) is 0.100. The fourth-order valence-corrected chi connectivity index (χ4v) is 0.808. The highest BCUT2D eigenvalue weighted by Gasteiger charge is 1.89. The van der Waals surface area contributed by atoms with Crippen LogP contribution < -0.4 is 5.32 Å². The second-order valence-corrected chi connectivity index (χ2v) is 2.37. The lowest BCUT2D eigenvalue weighted by Gasteiger charge is -1.97. The first-order valence-electron chi connectivity index (χ1n) is 3.89. The van der Waals surface area contributed by atoms with Crippen molar-refractivity contribution in [1.82, 2.24) is 0 Å². The van der Waals surface area contributed by atoms with Gasteiger partial charge in [-0.25, -0.2) is 4.79 Å². The summed E-state index contributed by atoms with van der Waals surface area (Å²) < 4.78 is 4.42. The molecule has 0 aliphatic rings. The zero-order valence-corrected chi connectivity index (χ0v) is 7.36. The average molecular weight is 177 g/mol. The predicted molar refractivity (Wildman–Crippen MR) is 51.2 cm³/mol. The van der Waals surface area contributed by atoms with Crippen molar-refractivity contribution in [1.29, 1.82) is 0 Å². The van der Waals surface area contributed by atoms with Crippen molar-refractivity contribution >= 4 is 11.7 Å². The van der Waals surface area contributed by atoms with Crippen LogP contribution in [0.15, 0.2) is 42.6 Å². The molecule has 0 aromatic heterocycles. The van der Waals surface area contributed by atoms with Crippen LogP contribution in [0.3, 0.4) is 0 Å². The van der Waals surface area contributed by atoms with Crippen molar-refractivity contribution in [3.05, 3.63) is 42.6 Å². The quantitative estimate of drug-likeness (QED) is 0.565. The van der Waals surface area contributed by atoms with Gasteiger partial charge in [0.05, 0.1) is 7.11 Å². The summed E-state index contributed by atoms with van der Waals surface area (Å²) in [6.45, 7) is 0. The summed E-state index contributed by atoms with van der Waals surface area (Å²) in [6, 6.07) is 9.56. The van der Waals surface area contributed by atoms with Gasteiger partial charge in [-0.15, -0.1) is 0 Å². The van der Waals surface area contributed by atoms with Gasteiger partial charge < -0.3 is 10.1 Å². The fourth-order valence-electron chi connectivity index (χ4n) is 0.808. The summed E-state index contributed by atoms with van der Waals surface area (Å²) in [5.74, 6) is -0.372. The SMILES string of the molecule is COC(=O)/C=C/Nc1ccccc1. The number of methoxy groups -OCH3 is 1. The third-order valence-corrected chi connectivity index (χ3v) is 1.44. The van der Waals surface area contributed by atoms with E-state index in [-0.39, 0.29) is 5.97 Å². The maximum Gasteiger partial charge on any atom is 0.331 e. The van der Waals surface area contributed by atoms with E-state index in [4.69, 9.17) is 0 Å². The van der Waals surface area contributed by atoms with Gasteiger partial charge in [-0.1, -0.05) is 18.2 Å². The number of para-hydroxylation sites is 1. The molecule has 0 fully saturated rings. The van der Waals surface area contributed by atoms with Crippen molar-refractivity contribution in [3.63, 3.8) is 0 Å². The lowest BCUT2D eigenvalue weighted by Crippen LogP contribution is -1.96. The van der Waals surface area contributed by atoms with E-state index >= 15 is 0 Å². The van der Waals surface area contributed by atoms with Crippen LogP contribution in [0.5, 0.6) is 0 Å². The normalized spacial score (nSPS) is 9.92. The summed E-state index contributed by atoms with van der Waals surface area (Å²) in [4.78, 5) is 10.7. The van der Waals surface area contributed by atoms with Crippen LogP contribution >= 0.6 is 0 Å². The standard InChI is InChI=1S/C10H11NO2/c1-13-10(12)7-8-11-9-5-3-2-4-6-9/h2-8,11H,1H3/b8-7+. The Morgan fingerprint density at radius 3 is 2.69 bits per heavy atom. The van der Waals surface area contributed by atoms with Gasteiger partial charge in [0, 0.05) is 18.0 Å². The molecular weight excluding hydrogens is 166 g/mol. The van der Waals surface area contributed by atoms with Gasteiger partial charge in [0.15, 0.2) is 0 Å². The molecule has 0 radical (unpaired) electrons. The first kappa shape index (κ1) is 9.32. The molecule has 0 amide bonds. The Kier molecular flexibility index (Phi) is 3.57. The van der Waals surface area contributed by atoms with Gasteiger partial charge in [0.1, 0.15) is 0 Å². The topological polar surface area (TPSA) is 38.3 Å². The van der Waals surface area contributed by atoms with Gasteiger partial charge in [0.25, 0.3) is 0 Å². The molecule has 0 spiro atoms. The Bertz CT molecular complexity index is 293. The van der Waals surface area contributed by atoms with Crippen LogP contribution in [0.25, 0.3) is 0 Å². The molecule has 3 heteroatoms. The summed E-state index contributed by atoms with van der Waals surface area (Å²) >= 11 is 0. The number of anilines is 1. The van der Waals surface area contributed by atoms with Crippen molar-refractivity contribution < 1.29 is 9.53 Å². The summed E-state index contributed by atoms with van der Waals surface area (Å²) in [7, 11) is 1.34. The zero-order chi connectivity index (χ0) is 9.52. The number of carbonyl (C=O) groups is 1. The van der Waals surface area contributed by atoms with Crippen LogP contribution in [0.4, 0.5) is 5.69 Å². The number of rotatable bonds is 3. The monoisotopic (exact) mass is 177 g/mol. The Morgan fingerprint density at radius 1 is 1.38 bits per heavy atom. The maximum atomic E-state index is 10.7. The van der Waals surface area contributed by atoms with Gasteiger partial charge >= 0.3 is 5.97 Å². The molecule has 13 heavy (non-hydrogen) atoms. The highest BCUT2D eigenvalue weighted by Crippen LogP contribution is 2.03. The van der Waals surface area contributed by atoms with Gasteiger partial charge in [-0.2, -0.15) is 0 Å². The van der Waals surface area contributed by atoms with Crippen LogP contribution in [0.2, 0.25) is 0 Å². The first-order valence-corrected chi connectivity index (χ1v) is 3.89. The summed E-state index contributed by atoms with van der Waals surface area (Å²) in [6.07, 6.45) is 2.87. The minimum atomic E-state index is -0.372.